The van der Waals surface area contributed by atoms with Crippen LogP contribution in [-0.2, 0) is 0 Å². The largest absolute Gasteiger partial charge is 0.194 e. The van der Waals surface area contributed by atoms with E-state index in [9.17, 15) is 0 Å². The number of nitrogens with zero attached hydrogens (tertiary/aromatic N) is 3. The second kappa shape index (κ2) is 4.04. The molecule has 0 amide bonds. The maximum atomic E-state index is 3.57. The predicted molar refractivity (Wildman–Crippen MR) is 36.8 cm³/mol. The number of hydrogen-bond acceptors (Lipinski definition) is 2. The van der Waals surface area contributed by atoms with Gasteiger partial charge in [0.25, 0.3) is 0 Å². The number of halogens is 1. The Labute approximate surface area is 56.6 Å². The summed E-state index contributed by atoms with van der Waals surface area (Å²) in [5.74, 6) is 0. The third-order valence-corrected chi connectivity index (χ3v) is 0.912. The number of hydrogen-bond donors (Lipinski definition) is 0. The molecule has 0 aliphatic rings. The highest BCUT2D eigenvalue weighted by Gasteiger charge is 1.77. The quantitative estimate of drug-likeness (QED) is 0.296. The maximum absolute atomic E-state index is 3.57. The van der Waals surface area contributed by atoms with Crippen molar-refractivity contribution < 1.29 is 0 Å². The topological polar surface area (TPSA) is 28.0 Å². The Hall–Kier alpha value is -0.130. The summed E-state index contributed by atoms with van der Waals surface area (Å²) in [4.78, 5) is 0. The van der Waals surface area contributed by atoms with Crippen LogP contribution in [0.1, 0.15) is 0 Å². The van der Waals surface area contributed by atoms with Crippen molar-refractivity contribution in [3.8, 4) is 0 Å². The van der Waals surface area contributed by atoms with Crippen LogP contribution in [0.5, 0.6) is 0 Å². The molecule has 0 aliphatic carbocycles. The summed E-state index contributed by atoms with van der Waals surface area (Å²) in [6, 6.07) is 0. The van der Waals surface area contributed by atoms with E-state index in [4.69, 9.17) is 0 Å². The Balaban J connectivity index is 3.35. The van der Waals surface area contributed by atoms with E-state index in [1.807, 2.05) is 22.9 Å². The highest BCUT2D eigenvalue weighted by Crippen LogP contribution is 1.97. The summed E-state index contributed by atoms with van der Waals surface area (Å²) < 4.78 is 1.50. The third-order valence-electron chi connectivity index (χ3n) is 0.326. The Kier molecular flexibility index (Phi) is 3.97. The van der Waals surface area contributed by atoms with Crippen LogP contribution in [0.4, 0.5) is 0 Å². The minimum atomic E-state index is 1.50. The van der Waals surface area contributed by atoms with Crippen LogP contribution in [0.15, 0.2) is 23.1 Å². The van der Waals surface area contributed by atoms with E-state index in [1.54, 1.807) is 13.2 Å². The average Bonchev–Trinajstić information content (AvgIpc) is 1.68. The molecular formula is C3H6IN3. The average molecular weight is 211 g/mol. The van der Waals surface area contributed by atoms with Crippen molar-refractivity contribution in [2.45, 2.75) is 0 Å². The SMILES string of the molecule is C=CN(I)/N=N\C. The lowest BCUT2D eigenvalue weighted by molar-refractivity contribution is 0.664. The molecule has 0 rings (SSSR count). The van der Waals surface area contributed by atoms with Gasteiger partial charge < -0.3 is 0 Å². The molecule has 0 N–H and O–H groups in total. The molecule has 0 unspecified atom stereocenters. The summed E-state index contributed by atoms with van der Waals surface area (Å²) in [5, 5.41) is 7.05. The summed E-state index contributed by atoms with van der Waals surface area (Å²) >= 11 is 1.96. The van der Waals surface area contributed by atoms with Crippen LogP contribution >= 0.6 is 22.9 Å². The van der Waals surface area contributed by atoms with Crippen molar-refractivity contribution in [3.63, 3.8) is 0 Å². The minimum Gasteiger partial charge on any atom is -0.194 e. The van der Waals surface area contributed by atoms with Crippen LogP contribution < -0.4 is 0 Å². The van der Waals surface area contributed by atoms with Gasteiger partial charge in [0.1, 0.15) is 0 Å². The summed E-state index contributed by atoms with van der Waals surface area (Å²) in [6.45, 7) is 3.44. The maximum Gasteiger partial charge on any atom is 0.0862 e. The van der Waals surface area contributed by atoms with Gasteiger partial charge >= 0.3 is 0 Å². The van der Waals surface area contributed by atoms with Crippen LogP contribution in [0.2, 0.25) is 0 Å². The van der Waals surface area contributed by atoms with E-state index in [0.717, 1.165) is 0 Å². The van der Waals surface area contributed by atoms with E-state index < -0.39 is 0 Å². The Morgan fingerprint density at radius 1 is 1.86 bits per heavy atom. The van der Waals surface area contributed by atoms with Gasteiger partial charge in [-0.2, -0.15) is 8.34 Å². The van der Waals surface area contributed by atoms with Crippen LogP contribution in [-0.4, -0.2) is 10.3 Å². The Morgan fingerprint density at radius 3 is 2.57 bits per heavy atom. The lowest BCUT2D eigenvalue weighted by atomic mass is 11.1. The smallest absolute Gasteiger partial charge is 0.0862 e. The zero-order valence-electron chi connectivity index (χ0n) is 4.00. The lowest BCUT2D eigenvalue weighted by Gasteiger charge is -1.94. The Bertz CT molecular complexity index is 80.2. The molecule has 0 fully saturated rings. The van der Waals surface area contributed by atoms with Crippen LogP contribution in [0.3, 0.4) is 0 Å². The number of rotatable bonds is 2. The fourth-order valence-corrected chi connectivity index (χ4v) is 0.315. The van der Waals surface area contributed by atoms with E-state index in [0.29, 0.717) is 0 Å². The molecule has 0 atom stereocenters. The van der Waals surface area contributed by atoms with Gasteiger partial charge in [-0.3, -0.25) is 0 Å². The molecule has 0 spiro atoms. The first-order valence-electron chi connectivity index (χ1n) is 1.68. The molecule has 7 heavy (non-hydrogen) atoms. The monoisotopic (exact) mass is 211 g/mol. The van der Waals surface area contributed by atoms with E-state index in [1.165, 1.54) is 3.22 Å². The second-order valence-electron chi connectivity index (χ2n) is 0.761. The lowest BCUT2D eigenvalue weighted by Crippen LogP contribution is -1.85. The van der Waals surface area contributed by atoms with Crippen molar-refractivity contribution in [1.82, 2.24) is 3.22 Å². The zero-order valence-corrected chi connectivity index (χ0v) is 6.16. The second-order valence-corrected chi connectivity index (χ2v) is 1.75. The van der Waals surface area contributed by atoms with Gasteiger partial charge in [0, 0.05) is 6.20 Å². The molecule has 0 bridgehead atoms. The van der Waals surface area contributed by atoms with Gasteiger partial charge in [0.05, 0.1) is 29.9 Å². The molecule has 4 heteroatoms. The molecular weight excluding hydrogens is 205 g/mol. The van der Waals surface area contributed by atoms with Crippen molar-refractivity contribution in [1.29, 1.82) is 0 Å². The fourth-order valence-electron chi connectivity index (χ4n) is 0.122. The van der Waals surface area contributed by atoms with Gasteiger partial charge in [0.15, 0.2) is 0 Å². The molecule has 0 radical (unpaired) electrons. The summed E-state index contributed by atoms with van der Waals surface area (Å²) in [7, 11) is 1.61. The highest BCUT2D eigenvalue weighted by atomic mass is 127. The molecule has 0 aliphatic heterocycles. The molecule has 0 aromatic rings. The molecule has 0 saturated carbocycles. The Morgan fingerprint density at radius 2 is 2.43 bits per heavy atom. The van der Waals surface area contributed by atoms with Gasteiger partial charge in [-0.1, -0.05) is 11.8 Å². The molecule has 40 valence electrons. The molecule has 0 aromatic heterocycles. The van der Waals surface area contributed by atoms with Crippen molar-refractivity contribution in [2.24, 2.45) is 10.3 Å². The fraction of sp³-hybridized carbons (Fsp3) is 0.333. The molecule has 0 saturated heterocycles. The molecule has 0 aromatic carbocycles. The van der Waals surface area contributed by atoms with E-state index >= 15 is 0 Å². The van der Waals surface area contributed by atoms with Crippen LogP contribution in [0, 0.1) is 0 Å². The van der Waals surface area contributed by atoms with E-state index in [2.05, 4.69) is 16.9 Å². The van der Waals surface area contributed by atoms with Crippen LogP contribution in [0.25, 0.3) is 0 Å². The molecule has 0 heterocycles. The van der Waals surface area contributed by atoms with Gasteiger partial charge in [-0.25, -0.2) is 0 Å². The normalized spacial score (nSPS) is 9.43. The minimum absolute atomic E-state index is 1.50. The standard InChI is InChI=1S/C3H6IN3/c1-3-7(4)6-5-2/h3H,1H2,2H3/b6-5-. The van der Waals surface area contributed by atoms with E-state index in [-0.39, 0.29) is 0 Å². The summed E-state index contributed by atoms with van der Waals surface area (Å²) in [5.41, 5.74) is 0. The van der Waals surface area contributed by atoms with Crippen molar-refractivity contribution in [2.75, 3.05) is 7.05 Å². The van der Waals surface area contributed by atoms with Gasteiger partial charge in [0.2, 0.25) is 0 Å². The highest BCUT2D eigenvalue weighted by molar-refractivity contribution is 14.1. The third kappa shape index (κ3) is 3.71. The summed E-state index contributed by atoms with van der Waals surface area (Å²) in [6.07, 6.45) is 1.56. The zero-order chi connectivity index (χ0) is 5.70. The van der Waals surface area contributed by atoms with Crippen molar-refractivity contribution >= 4 is 22.9 Å². The van der Waals surface area contributed by atoms with Gasteiger partial charge in [-0.05, 0) is 0 Å². The first-order chi connectivity index (χ1) is 3.31. The first kappa shape index (κ1) is 6.87. The molecule has 3 nitrogen and oxygen atoms in total. The first-order valence-corrected chi connectivity index (χ1v) is 2.65. The van der Waals surface area contributed by atoms with Gasteiger partial charge in [-0.15, -0.1) is 0 Å². The van der Waals surface area contributed by atoms with Crippen molar-refractivity contribution in [3.05, 3.63) is 12.8 Å². The predicted octanol–water partition coefficient (Wildman–Crippen LogP) is 1.78.